The summed E-state index contributed by atoms with van der Waals surface area (Å²) >= 11 is 0. The van der Waals surface area contributed by atoms with Gasteiger partial charge in [0.05, 0.1) is 5.69 Å². The summed E-state index contributed by atoms with van der Waals surface area (Å²) in [7, 11) is 0. The normalized spacial score (nSPS) is 18.1. The van der Waals surface area contributed by atoms with Crippen LogP contribution < -0.4 is 0 Å². The van der Waals surface area contributed by atoms with Gasteiger partial charge in [0, 0.05) is 12.2 Å². The maximum atomic E-state index is 9.81. The van der Waals surface area contributed by atoms with E-state index in [4.69, 9.17) is 0 Å². The molecule has 1 fully saturated rings. The zero-order valence-electron chi connectivity index (χ0n) is 11.5. The van der Waals surface area contributed by atoms with Crippen molar-refractivity contribution in [1.82, 2.24) is 9.88 Å². The van der Waals surface area contributed by atoms with E-state index >= 15 is 0 Å². The van der Waals surface area contributed by atoms with E-state index in [1.165, 1.54) is 25.7 Å². The standard InChI is InChI=1S/C15H24N2O/c1-3-4-13-7-9-17(10-8-13)11-14-15(18)6-5-12(2)16-14/h5-6,13,18H,3-4,7-11H2,1-2H3. The molecule has 1 N–H and O–H groups in total. The van der Waals surface area contributed by atoms with Crippen LogP contribution in [0.1, 0.15) is 44.0 Å². The fourth-order valence-electron chi connectivity index (χ4n) is 2.77. The average molecular weight is 248 g/mol. The number of likely N-dealkylation sites (tertiary alicyclic amines) is 1. The molecule has 0 bridgehead atoms. The van der Waals surface area contributed by atoms with Gasteiger partial charge in [-0.25, -0.2) is 0 Å². The lowest BCUT2D eigenvalue weighted by atomic mass is 9.92. The van der Waals surface area contributed by atoms with Crippen LogP contribution in [0.2, 0.25) is 0 Å². The van der Waals surface area contributed by atoms with Crippen LogP contribution in [-0.2, 0) is 6.54 Å². The van der Waals surface area contributed by atoms with Crippen molar-refractivity contribution >= 4 is 0 Å². The topological polar surface area (TPSA) is 36.4 Å². The fraction of sp³-hybridized carbons (Fsp3) is 0.667. The third-order valence-corrected chi connectivity index (χ3v) is 3.87. The van der Waals surface area contributed by atoms with E-state index in [0.717, 1.165) is 36.9 Å². The van der Waals surface area contributed by atoms with Crippen molar-refractivity contribution < 1.29 is 5.11 Å². The maximum Gasteiger partial charge on any atom is 0.138 e. The molecule has 0 amide bonds. The van der Waals surface area contributed by atoms with E-state index in [0.29, 0.717) is 5.75 Å². The lowest BCUT2D eigenvalue weighted by molar-refractivity contribution is 0.168. The highest BCUT2D eigenvalue weighted by molar-refractivity contribution is 5.27. The van der Waals surface area contributed by atoms with Crippen LogP contribution >= 0.6 is 0 Å². The molecule has 1 aromatic heterocycles. The summed E-state index contributed by atoms with van der Waals surface area (Å²) in [4.78, 5) is 6.84. The Kier molecular flexibility index (Phi) is 4.59. The number of aromatic hydroxyl groups is 1. The lowest BCUT2D eigenvalue weighted by Crippen LogP contribution is -2.33. The molecule has 3 nitrogen and oxygen atoms in total. The second kappa shape index (κ2) is 6.19. The van der Waals surface area contributed by atoms with Crippen molar-refractivity contribution in [2.24, 2.45) is 5.92 Å². The second-order valence-corrected chi connectivity index (χ2v) is 5.43. The molecule has 3 heteroatoms. The van der Waals surface area contributed by atoms with Gasteiger partial charge in [0.1, 0.15) is 5.75 Å². The van der Waals surface area contributed by atoms with Crippen molar-refractivity contribution in [3.05, 3.63) is 23.5 Å². The molecule has 1 aliphatic heterocycles. The summed E-state index contributed by atoms with van der Waals surface area (Å²) in [5, 5.41) is 9.81. The van der Waals surface area contributed by atoms with Crippen molar-refractivity contribution in [2.45, 2.75) is 46.1 Å². The van der Waals surface area contributed by atoms with E-state index in [1.807, 2.05) is 13.0 Å². The molecule has 1 aliphatic rings. The molecule has 0 spiro atoms. The zero-order valence-corrected chi connectivity index (χ0v) is 11.5. The Morgan fingerprint density at radius 3 is 2.72 bits per heavy atom. The van der Waals surface area contributed by atoms with E-state index in [1.54, 1.807) is 6.07 Å². The van der Waals surface area contributed by atoms with Crippen LogP contribution in [-0.4, -0.2) is 28.1 Å². The first-order valence-electron chi connectivity index (χ1n) is 7.07. The van der Waals surface area contributed by atoms with Crippen LogP contribution in [0, 0.1) is 12.8 Å². The Bertz CT molecular complexity index is 384. The summed E-state index contributed by atoms with van der Waals surface area (Å²) in [5.74, 6) is 1.24. The van der Waals surface area contributed by atoms with Crippen molar-refractivity contribution in [3.8, 4) is 5.75 Å². The van der Waals surface area contributed by atoms with E-state index in [-0.39, 0.29) is 0 Å². The van der Waals surface area contributed by atoms with E-state index in [9.17, 15) is 5.11 Å². The number of pyridine rings is 1. The Morgan fingerprint density at radius 1 is 1.33 bits per heavy atom. The SMILES string of the molecule is CCCC1CCN(Cc2nc(C)ccc2O)CC1. The molecule has 2 rings (SSSR count). The first-order chi connectivity index (χ1) is 8.69. The summed E-state index contributed by atoms with van der Waals surface area (Å²) in [6.07, 6.45) is 5.24. The summed E-state index contributed by atoms with van der Waals surface area (Å²) in [5.41, 5.74) is 1.80. The maximum absolute atomic E-state index is 9.81. The van der Waals surface area contributed by atoms with E-state index < -0.39 is 0 Å². The van der Waals surface area contributed by atoms with Crippen molar-refractivity contribution in [2.75, 3.05) is 13.1 Å². The Morgan fingerprint density at radius 2 is 2.06 bits per heavy atom. The first-order valence-corrected chi connectivity index (χ1v) is 7.07. The molecule has 100 valence electrons. The van der Waals surface area contributed by atoms with Gasteiger partial charge in [0.2, 0.25) is 0 Å². The molecular formula is C15H24N2O. The molecule has 0 atom stereocenters. The minimum atomic E-state index is 0.330. The summed E-state index contributed by atoms with van der Waals surface area (Å²) < 4.78 is 0. The van der Waals surface area contributed by atoms with Gasteiger partial charge in [0.25, 0.3) is 0 Å². The van der Waals surface area contributed by atoms with Crippen LogP contribution in [0.15, 0.2) is 12.1 Å². The Balaban J connectivity index is 1.89. The quantitative estimate of drug-likeness (QED) is 0.889. The molecule has 1 saturated heterocycles. The van der Waals surface area contributed by atoms with Crippen molar-refractivity contribution in [1.29, 1.82) is 0 Å². The molecule has 0 aromatic carbocycles. The third-order valence-electron chi connectivity index (χ3n) is 3.87. The van der Waals surface area contributed by atoms with Gasteiger partial charge in [-0.1, -0.05) is 19.8 Å². The Hall–Kier alpha value is -1.09. The average Bonchev–Trinajstić information content (AvgIpc) is 2.37. The summed E-state index contributed by atoms with van der Waals surface area (Å²) in [6, 6.07) is 3.60. The predicted molar refractivity (Wildman–Crippen MR) is 73.5 cm³/mol. The number of hydrogen-bond acceptors (Lipinski definition) is 3. The highest BCUT2D eigenvalue weighted by Crippen LogP contribution is 2.24. The number of nitrogens with zero attached hydrogens (tertiary/aromatic N) is 2. The molecule has 0 unspecified atom stereocenters. The smallest absolute Gasteiger partial charge is 0.138 e. The molecule has 0 radical (unpaired) electrons. The fourth-order valence-corrected chi connectivity index (χ4v) is 2.77. The van der Waals surface area contributed by atoms with Gasteiger partial charge in [-0.15, -0.1) is 0 Å². The van der Waals surface area contributed by atoms with Gasteiger partial charge in [-0.05, 0) is 50.9 Å². The number of rotatable bonds is 4. The molecule has 2 heterocycles. The second-order valence-electron chi connectivity index (χ2n) is 5.43. The van der Waals surface area contributed by atoms with Gasteiger partial charge in [0.15, 0.2) is 0 Å². The van der Waals surface area contributed by atoms with Gasteiger partial charge in [-0.3, -0.25) is 9.88 Å². The highest BCUT2D eigenvalue weighted by Gasteiger charge is 2.19. The van der Waals surface area contributed by atoms with Crippen LogP contribution in [0.4, 0.5) is 0 Å². The number of aromatic nitrogens is 1. The lowest BCUT2D eigenvalue weighted by Gasteiger charge is -2.31. The van der Waals surface area contributed by atoms with Gasteiger partial charge in [-0.2, -0.15) is 0 Å². The molecule has 18 heavy (non-hydrogen) atoms. The predicted octanol–water partition coefficient (Wildman–Crippen LogP) is 3.11. The largest absolute Gasteiger partial charge is 0.506 e. The number of aryl methyl sites for hydroxylation is 1. The molecule has 0 saturated carbocycles. The number of hydrogen-bond donors (Lipinski definition) is 1. The van der Waals surface area contributed by atoms with Crippen LogP contribution in [0.25, 0.3) is 0 Å². The van der Waals surface area contributed by atoms with Crippen LogP contribution in [0.5, 0.6) is 5.75 Å². The molecule has 0 aliphatic carbocycles. The monoisotopic (exact) mass is 248 g/mol. The summed E-state index contributed by atoms with van der Waals surface area (Å²) in [6.45, 7) is 7.29. The zero-order chi connectivity index (χ0) is 13.0. The third kappa shape index (κ3) is 3.45. The minimum Gasteiger partial charge on any atom is -0.506 e. The van der Waals surface area contributed by atoms with Gasteiger partial charge < -0.3 is 5.11 Å². The molecule has 1 aromatic rings. The number of piperidine rings is 1. The molecular weight excluding hydrogens is 224 g/mol. The minimum absolute atomic E-state index is 0.330. The van der Waals surface area contributed by atoms with Crippen molar-refractivity contribution in [3.63, 3.8) is 0 Å². The Labute approximate surface area is 110 Å². The highest BCUT2D eigenvalue weighted by atomic mass is 16.3. The van der Waals surface area contributed by atoms with Crippen LogP contribution in [0.3, 0.4) is 0 Å². The van der Waals surface area contributed by atoms with Gasteiger partial charge >= 0.3 is 0 Å². The first kappa shape index (κ1) is 13.3. The van der Waals surface area contributed by atoms with E-state index in [2.05, 4.69) is 16.8 Å².